The minimum atomic E-state index is -4.72. The maximum atomic E-state index is 13.2. The molecule has 2 rings (SSSR count). The summed E-state index contributed by atoms with van der Waals surface area (Å²) < 4.78 is 39.6. The monoisotopic (exact) mass is 280 g/mol. The van der Waals surface area contributed by atoms with Gasteiger partial charge in [0, 0.05) is 5.92 Å². The van der Waals surface area contributed by atoms with Gasteiger partial charge in [0.05, 0.1) is 0 Å². The van der Waals surface area contributed by atoms with E-state index in [2.05, 4.69) is 0 Å². The van der Waals surface area contributed by atoms with E-state index in [9.17, 15) is 18.3 Å². The first kappa shape index (κ1) is 14.6. The summed E-state index contributed by atoms with van der Waals surface area (Å²) in [6.07, 6.45) is -4.72. The van der Waals surface area contributed by atoms with E-state index >= 15 is 0 Å². The van der Waals surface area contributed by atoms with Crippen LogP contribution in [0.1, 0.15) is 24.0 Å². The zero-order chi connectivity index (χ0) is 14.8. The third-order valence-corrected chi connectivity index (χ3v) is 3.40. The molecule has 0 saturated carbocycles. The first-order chi connectivity index (χ1) is 9.34. The van der Waals surface area contributed by atoms with Crippen molar-refractivity contribution in [1.82, 2.24) is 0 Å². The van der Waals surface area contributed by atoms with Crippen LogP contribution >= 0.6 is 0 Å². The van der Waals surface area contributed by atoms with E-state index in [1.54, 1.807) is 60.7 Å². The number of aliphatic hydroxyl groups is 1. The number of hydrogen-bond donors (Lipinski definition) is 1. The second-order valence-corrected chi connectivity index (χ2v) is 4.90. The van der Waals surface area contributed by atoms with E-state index in [4.69, 9.17) is 0 Å². The molecule has 0 fully saturated rings. The van der Waals surface area contributed by atoms with Gasteiger partial charge in [-0.1, -0.05) is 60.7 Å². The second kappa shape index (κ2) is 5.29. The van der Waals surface area contributed by atoms with Gasteiger partial charge in [0.2, 0.25) is 0 Å². The summed E-state index contributed by atoms with van der Waals surface area (Å²) in [5.74, 6) is -1.16. The molecule has 106 valence electrons. The smallest absolute Gasteiger partial charge is 0.380 e. The maximum Gasteiger partial charge on any atom is 0.417 e. The largest absolute Gasteiger partial charge is 0.417 e. The topological polar surface area (TPSA) is 20.2 Å². The predicted molar refractivity (Wildman–Crippen MR) is 71.4 cm³/mol. The van der Waals surface area contributed by atoms with Crippen molar-refractivity contribution in [2.45, 2.75) is 24.6 Å². The van der Waals surface area contributed by atoms with Crippen LogP contribution in [-0.4, -0.2) is 16.9 Å². The quantitative estimate of drug-likeness (QED) is 0.896. The Kier molecular flexibility index (Phi) is 3.86. The number of hydrogen-bond acceptors (Lipinski definition) is 1. The molecule has 1 unspecified atom stereocenters. The Hall–Kier alpha value is -1.81. The Bertz CT molecular complexity index is 507. The van der Waals surface area contributed by atoms with Crippen LogP contribution < -0.4 is 0 Å². The van der Waals surface area contributed by atoms with Gasteiger partial charge < -0.3 is 5.11 Å². The molecule has 2 aromatic rings. The van der Waals surface area contributed by atoms with E-state index in [1.165, 1.54) is 0 Å². The summed E-state index contributed by atoms with van der Waals surface area (Å²) >= 11 is 0. The van der Waals surface area contributed by atoms with E-state index in [0.717, 1.165) is 6.92 Å². The summed E-state index contributed by atoms with van der Waals surface area (Å²) in [5, 5.41) is 10.1. The van der Waals surface area contributed by atoms with Crippen LogP contribution in [0.15, 0.2) is 60.7 Å². The van der Waals surface area contributed by atoms with Gasteiger partial charge in [-0.05, 0) is 18.1 Å². The van der Waals surface area contributed by atoms with Crippen molar-refractivity contribution in [3.8, 4) is 0 Å². The predicted octanol–water partition coefficient (Wildman–Crippen LogP) is 4.13. The Balaban J connectivity index is 2.57. The Labute approximate surface area is 115 Å². The van der Waals surface area contributed by atoms with Gasteiger partial charge in [-0.2, -0.15) is 13.2 Å². The highest BCUT2D eigenvalue weighted by Crippen LogP contribution is 2.44. The molecule has 0 spiro atoms. The standard InChI is InChI=1S/C16H15F3O/c1-15(20,16(17,18)19)14(12-8-4-2-5-9-12)13-10-6-3-7-11-13/h2-11,14,20H,1H3. The molecular weight excluding hydrogens is 265 g/mol. The number of rotatable bonds is 3. The zero-order valence-electron chi connectivity index (χ0n) is 10.9. The van der Waals surface area contributed by atoms with Crippen molar-refractivity contribution in [2.75, 3.05) is 0 Å². The first-order valence-electron chi connectivity index (χ1n) is 6.23. The number of alkyl halides is 3. The minimum absolute atomic E-state index is 0.432. The third kappa shape index (κ3) is 2.70. The van der Waals surface area contributed by atoms with Crippen molar-refractivity contribution in [2.24, 2.45) is 0 Å². The molecule has 0 amide bonds. The fourth-order valence-electron chi connectivity index (χ4n) is 2.30. The van der Waals surface area contributed by atoms with Crippen LogP contribution in [0.4, 0.5) is 13.2 Å². The third-order valence-electron chi connectivity index (χ3n) is 3.40. The molecule has 0 heterocycles. The molecule has 20 heavy (non-hydrogen) atoms. The van der Waals surface area contributed by atoms with E-state index < -0.39 is 17.7 Å². The molecule has 1 nitrogen and oxygen atoms in total. The summed E-state index contributed by atoms with van der Waals surface area (Å²) in [7, 11) is 0. The van der Waals surface area contributed by atoms with Crippen LogP contribution in [0.2, 0.25) is 0 Å². The molecule has 2 aromatic carbocycles. The van der Waals surface area contributed by atoms with Gasteiger partial charge >= 0.3 is 6.18 Å². The van der Waals surface area contributed by atoms with E-state index in [0.29, 0.717) is 11.1 Å². The van der Waals surface area contributed by atoms with Crippen molar-refractivity contribution in [1.29, 1.82) is 0 Å². The molecule has 0 bridgehead atoms. The summed E-state index contributed by atoms with van der Waals surface area (Å²) in [6, 6.07) is 16.5. The fraction of sp³-hybridized carbons (Fsp3) is 0.250. The average Bonchev–Trinajstić information content (AvgIpc) is 2.40. The van der Waals surface area contributed by atoms with Gasteiger partial charge in [0.15, 0.2) is 5.60 Å². The molecule has 1 atom stereocenters. The van der Waals surface area contributed by atoms with Gasteiger partial charge in [-0.25, -0.2) is 0 Å². The average molecular weight is 280 g/mol. The van der Waals surface area contributed by atoms with E-state index in [-0.39, 0.29) is 0 Å². The highest BCUT2D eigenvalue weighted by molar-refractivity contribution is 5.36. The minimum Gasteiger partial charge on any atom is -0.380 e. The van der Waals surface area contributed by atoms with Gasteiger partial charge in [-0.3, -0.25) is 0 Å². The van der Waals surface area contributed by atoms with Crippen LogP contribution in [-0.2, 0) is 0 Å². The lowest BCUT2D eigenvalue weighted by Gasteiger charge is -2.35. The first-order valence-corrected chi connectivity index (χ1v) is 6.23. The van der Waals surface area contributed by atoms with Gasteiger partial charge in [-0.15, -0.1) is 0 Å². The molecule has 0 aliphatic carbocycles. The van der Waals surface area contributed by atoms with Crippen LogP contribution in [0.3, 0.4) is 0 Å². The summed E-state index contributed by atoms with van der Waals surface area (Å²) in [6.45, 7) is 0.817. The van der Waals surface area contributed by atoms with Gasteiger partial charge in [0.1, 0.15) is 0 Å². The van der Waals surface area contributed by atoms with Crippen LogP contribution in [0.25, 0.3) is 0 Å². The highest BCUT2D eigenvalue weighted by atomic mass is 19.4. The Morgan fingerprint density at radius 3 is 1.45 bits per heavy atom. The Morgan fingerprint density at radius 2 is 1.15 bits per heavy atom. The molecule has 4 heteroatoms. The molecule has 0 aliphatic heterocycles. The van der Waals surface area contributed by atoms with Crippen LogP contribution in [0, 0.1) is 0 Å². The van der Waals surface area contributed by atoms with Crippen molar-refractivity contribution < 1.29 is 18.3 Å². The van der Waals surface area contributed by atoms with E-state index in [1.807, 2.05) is 0 Å². The van der Waals surface area contributed by atoms with Crippen molar-refractivity contribution >= 4 is 0 Å². The summed E-state index contributed by atoms with van der Waals surface area (Å²) in [4.78, 5) is 0. The highest BCUT2D eigenvalue weighted by Gasteiger charge is 2.55. The number of benzene rings is 2. The Morgan fingerprint density at radius 1 is 0.800 bits per heavy atom. The maximum absolute atomic E-state index is 13.2. The second-order valence-electron chi connectivity index (χ2n) is 4.90. The summed E-state index contributed by atoms with van der Waals surface area (Å²) in [5.41, 5.74) is -1.97. The zero-order valence-corrected chi connectivity index (χ0v) is 10.9. The van der Waals surface area contributed by atoms with Crippen molar-refractivity contribution in [3.63, 3.8) is 0 Å². The number of halogens is 3. The molecular formula is C16H15F3O. The molecule has 1 N–H and O–H groups in total. The molecule has 0 radical (unpaired) electrons. The van der Waals surface area contributed by atoms with Crippen molar-refractivity contribution in [3.05, 3.63) is 71.8 Å². The van der Waals surface area contributed by atoms with Crippen LogP contribution in [0.5, 0.6) is 0 Å². The lowest BCUT2D eigenvalue weighted by molar-refractivity contribution is -0.257. The SMILES string of the molecule is CC(O)(C(c1ccccc1)c1ccccc1)C(F)(F)F. The lowest BCUT2D eigenvalue weighted by Crippen LogP contribution is -2.47. The fourth-order valence-corrected chi connectivity index (χ4v) is 2.30. The molecule has 0 aromatic heterocycles. The molecule has 0 aliphatic rings. The molecule has 0 saturated heterocycles. The van der Waals surface area contributed by atoms with Gasteiger partial charge in [0.25, 0.3) is 0 Å². The normalized spacial score (nSPS) is 15.1. The lowest BCUT2D eigenvalue weighted by atomic mass is 9.78.